The van der Waals surface area contributed by atoms with Crippen LogP contribution in [-0.2, 0) is 0 Å². The fraction of sp³-hybridized carbons (Fsp3) is 0.455. The van der Waals surface area contributed by atoms with E-state index in [0.717, 1.165) is 43.2 Å². The van der Waals surface area contributed by atoms with E-state index in [1.165, 1.54) is 0 Å². The summed E-state index contributed by atoms with van der Waals surface area (Å²) in [7, 11) is 0. The molecule has 1 atom stereocenters. The van der Waals surface area contributed by atoms with Crippen molar-refractivity contribution in [3.63, 3.8) is 0 Å². The number of anilines is 1. The van der Waals surface area contributed by atoms with E-state index in [0.29, 0.717) is 5.92 Å². The van der Waals surface area contributed by atoms with E-state index in [-0.39, 0.29) is 0 Å². The van der Waals surface area contributed by atoms with Gasteiger partial charge in [0.1, 0.15) is 0 Å². The van der Waals surface area contributed by atoms with Gasteiger partial charge in [-0.1, -0.05) is 0 Å². The largest absolute Gasteiger partial charge is 0.342 e. The molecule has 0 bridgehead atoms. The highest BCUT2D eigenvalue weighted by atomic mass is 15.3. The lowest BCUT2D eigenvalue weighted by molar-refractivity contribution is 0.602. The Bertz CT molecular complexity index is 459. The molecule has 16 heavy (non-hydrogen) atoms. The minimum Gasteiger partial charge on any atom is -0.342 e. The summed E-state index contributed by atoms with van der Waals surface area (Å²) in [4.78, 5) is 14.2. The number of pyridine rings is 1. The summed E-state index contributed by atoms with van der Waals surface area (Å²) in [5.74, 6) is 1.52. The maximum Gasteiger partial charge on any atom is 0.205 e. The van der Waals surface area contributed by atoms with Gasteiger partial charge in [-0.2, -0.15) is 4.98 Å². The van der Waals surface area contributed by atoms with Crippen molar-refractivity contribution in [1.29, 1.82) is 0 Å². The molecule has 1 aliphatic heterocycles. The highest BCUT2D eigenvalue weighted by Crippen LogP contribution is 2.22. The Hall–Kier alpha value is -1.62. The molecule has 3 heterocycles. The second-order valence-electron chi connectivity index (χ2n) is 4.27. The highest BCUT2D eigenvalue weighted by Gasteiger charge is 2.23. The smallest absolute Gasteiger partial charge is 0.205 e. The lowest BCUT2D eigenvalue weighted by Crippen LogP contribution is -2.23. The Morgan fingerprint density at radius 3 is 3.25 bits per heavy atom. The van der Waals surface area contributed by atoms with E-state index in [9.17, 15) is 0 Å². The van der Waals surface area contributed by atoms with Gasteiger partial charge in [-0.25, -0.2) is 4.98 Å². The average Bonchev–Trinajstić information content (AvgIpc) is 2.95. The first-order valence-corrected chi connectivity index (χ1v) is 5.62. The Labute approximate surface area is 93.7 Å². The van der Waals surface area contributed by atoms with Crippen molar-refractivity contribution in [2.45, 2.75) is 6.42 Å². The Morgan fingerprint density at radius 2 is 2.50 bits per heavy atom. The summed E-state index contributed by atoms with van der Waals surface area (Å²) in [5, 5.41) is 0. The quantitative estimate of drug-likeness (QED) is 0.778. The third-order valence-electron chi connectivity index (χ3n) is 3.16. The molecular formula is C11H15N5. The number of imidazole rings is 1. The molecule has 2 aromatic heterocycles. The van der Waals surface area contributed by atoms with Gasteiger partial charge in [0.15, 0.2) is 5.65 Å². The zero-order chi connectivity index (χ0) is 11.0. The topological polar surface area (TPSA) is 70.8 Å². The van der Waals surface area contributed by atoms with Gasteiger partial charge >= 0.3 is 0 Å². The Balaban J connectivity index is 1.89. The summed E-state index contributed by atoms with van der Waals surface area (Å²) in [6, 6.07) is 3.91. The minimum atomic E-state index is 0.598. The van der Waals surface area contributed by atoms with Gasteiger partial charge in [0.25, 0.3) is 0 Å². The zero-order valence-corrected chi connectivity index (χ0v) is 9.06. The predicted octanol–water partition coefficient (Wildman–Crippen LogP) is 0.743. The summed E-state index contributed by atoms with van der Waals surface area (Å²) >= 11 is 0. The highest BCUT2D eigenvalue weighted by molar-refractivity contribution is 5.73. The van der Waals surface area contributed by atoms with E-state index in [1.54, 1.807) is 6.20 Å². The van der Waals surface area contributed by atoms with Crippen LogP contribution in [0.25, 0.3) is 11.2 Å². The Morgan fingerprint density at radius 1 is 1.56 bits per heavy atom. The molecular weight excluding hydrogens is 202 g/mol. The molecule has 3 rings (SSSR count). The number of aromatic nitrogens is 3. The molecule has 1 fully saturated rings. The van der Waals surface area contributed by atoms with Crippen LogP contribution in [0.4, 0.5) is 5.95 Å². The van der Waals surface area contributed by atoms with Crippen LogP contribution in [0.3, 0.4) is 0 Å². The SMILES string of the molecule is NC[C@@H]1CCN(c2nc3ncccc3[nH]2)C1. The normalized spacial score (nSPS) is 20.8. The molecule has 2 aromatic rings. The molecule has 0 radical (unpaired) electrons. The first kappa shape index (κ1) is 9.59. The van der Waals surface area contributed by atoms with Gasteiger partial charge in [0.2, 0.25) is 5.95 Å². The molecule has 0 unspecified atom stereocenters. The first-order valence-electron chi connectivity index (χ1n) is 5.62. The van der Waals surface area contributed by atoms with E-state index in [2.05, 4.69) is 19.9 Å². The van der Waals surface area contributed by atoms with Crippen molar-refractivity contribution in [2.24, 2.45) is 11.7 Å². The van der Waals surface area contributed by atoms with Crippen LogP contribution in [0, 0.1) is 5.92 Å². The van der Waals surface area contributed by atoms with Crippen LogP contribution in [0.2, 0.25) is 0 Å². The average molecular weight is 217 g/mol. The number of hydrogen-bond donors (Lipinski definition) is 2. The van der Waals surface area contributed by atoms with E-state index in [1.807, 2.05) is 12.1 Å². The molecule has 5 heteroatoms. The van der Waals surface area contributed by atoms with Crippen molar-refractivity contribution in [2.75, 3.05) is 24.5 Å². The van der Waals surface area contributed by atoms with E-state index in [4.69, 9.17) is 5.73 Å². The number of fused-ring (bicyclic) bond motifs is 1. The van der Waals surface area contributed by atoms with E-state index < -0.39 is 0 Å². The van der Waals surface area contributed by atoms with Crippen LogP contribution < -0.4 is 10.6 Å². The minimum absolute atomic E-state index is 0.598. The summed E-state index contributed by atoms with van der Waals surface area (Å²) in [5.41, 5.74) is 7.46. The van der Waals surface area contributed by atoms with Crippen LogP contribution in [0.1, 0.15) is 6.42 Å². The molecule has 1 aliphatic rings. The molecule has 3 N–H and O–H groups in total. The standard InChI is InChI=1S/C11H15N5/c12-6-8-3-5-16(7-8)11-14-9-2-1-4-13-10(9)15-11/h1-2,4,8H,3,5-7,12H2,(H,13,14,15)/t8-/m0/s1. The van der Waals surface area contributed by atoms with Crippen molar-refractivity contribution in [3.8, 4) is 0 Å². The number of nitrogens with one attached hydrogen (secondary N) is 1. The second-order valence-corrected chi connectivity index (χ2v) is 4.27. The van der Waals surface area contributed by atoms with Gasteiger partial charge in [0.05, 0.1) is 5.52 Å². The summed E-state index contributed by atoms with van der Waals surface area (Å²) < 4.78 is 0. The Kier molecular flexibility index (Phi) is 2.25. The van der Waals surface area contributed by atoms with Gasteiger partial charge in [-0.15, -0.1) is 0 Å². The predicted molar refractivity (Wildman–Crippen MR) is 63.3 cm³/mol. The lowest BCUT2D eigenvalue weighted by atomic mass is 10.1. The van der Waals surface area contributed by atoms with Crippen molar-refractivity contribution in [3.05, 3.63) is 18.3 Å². The third-order valence-corrected chi connectivity index (χ3v) is 3.16. The number of nitrogens with two attached hydrogens (primary N) is 1. The molecule has 0 amide bonds. The van der Waals surface area contributed by atoms with Gasteiger partial charge < -0.3 is 15.6 Å². The molecule has 0 aliphatic carbocycles. The van der Waals surface area contributed by atoms with Crippen LogP contribution >= 0.6 is 0 Å². The number of hydrogen-bond acceptors (Lipinski definition) is 4. The van der Waals surface area contributed by atoms with Crippen molar-refractivity contribution < 1.29 is 0 Å². The van der Waals surface area contributed by atoms with Gasteiger partial charge in [0, 0.05) is 19.3 Å². The monoisotopic (exact) mass is 217 g/mol. The zero-order valence-electron chi connectivity index (χ0n) is 9.06. The summed E-state index contributed by atoms with van der Waals surface area (Å²) in [6.07, 6.45) is 2.92. The molecule has 5 nitrogen and oxygen atoms in total. The second kappa shape index (κ2) is 3.75. The third kappa shape index (κ3) is 1.53. The van der Waals surface area contributed by atoms with Crippen molar-refractivity contribution in [1.82, 2.24) is 15.0 Å². The fourth-order valence-electron chi connectivity index (χ4n) is 2.20. The number of nitrogens with zero attached hydrogens (tertiary/aromatic N) is 3. The van der Waals surface area contributed by atoms with Crippen LogP contribution in [-0.4, -0.2) is 34.6 Å². The van der Waals surface area contributed by atoms with Crippen LogP contribution in [0.5, 0.6) is 0 Å². The van der Waals surface area contributed by atoms with Gasteiger partial charge in [-0.3, -0.25) is 0 Å². The molecule has 84 valence electrons. The number of H-pyrrole nitrogens is 1. The summed E-state index contributed by atoms with van der Waals surface area (Å²) in [6.45, 7) is 2.78. The molecule has 0 spiro atoms. The first-order chi connectivity index (χ1) is 7.86. The molecule has 0 aromatic carbocycles. The lowest BCUT2D eigenvalue weighted by Gasteiger charge is -2.13. The maximum absolute atomic E-state index is 5.68. The fourth-order valence-corrected chi connectivity index (χ4v) is 2.20. The van der Waals surface area contributed by atoms with E-state index >= 15 is 0 Å². The van der Waals surface area contributed by atoms with Gasteiger partial charge in [-0.05, 0) is 31.0 Å². The maximum atomic E-state index is 5.68. The number of rotatable bonds is 2. The van der Waals surface area contributed by atoms with Crippen LogP contribution in [0.15, 0.2) is 18.3 Å². The number of aromatic amines is 1. The molecule has 1 saturated heterocycles. The van der Waals surface area contributed by atoms with Crippen molar-refractivity contribution >= 4 is 17.1 Å². The molecule has 0 saturated carbocycles.